The minimum atomic E-state index is -0.300. The van der Waals surface area contributed by atoms with Gasteiger partial charge in [-0.15, -0.1) is 0 Å². The SMILES string of the molecule is Cc1ccc(NC(=O)COc2ccccc2)c(NC(=O)Cc2ccccc2)c1. The number of benzene rings is 3. The van der Waals surface area contributed by atoms with Crippen molar-refractivity contribution >= 4 is 23.2 Å². The predicted molar refractivity (Wildman–Crippen MR) is 111 cm³/mol. The van der Waals surface area contributed by atoms with Crippen LogP contribution >= 0.6 is 0 Å². The van der Waals surface area contributed by atoms with E-state index in [2.05, 4.69) is 10.6 Å². The minimum Gasteiger partial charge on any atom is -0.484 e. The lowest BCUT2D eigenvalue weighted by Gasteiger charge is -2.14. The first-order chi connectivity index (χ1) is 13.6. The highest BCUT2D eigenvalue weighted by Crippen LogP contribution is 2.23. The van der Waals surface area contributed by atoms with Gasteiger partial charge in [0.1, 0.15) is 5.75 Å². The summed E-state index contributed by atoms with van der Waals surface area (Å²) in [4.78, 5) is 24.6. The first kappa shape index (κ1) is 19.2. The van der Waals surface area contributed by atoms with Gasteiger partial charge in [-0.1, -0.05) is 54.6 Å². The van der Waals surface area contributed by atoms with E-state index in [4.69, 9.17) is 4.74 Å². The van der Waals surface area contributed by atoms with Crippen LogP contribution in [0.4, 0.5) is 11.4 Å². The summed E-state index contributed by atoms with van der Waals surface area (Å²) in [6, 6.07) is 24.1. The smallest absolute Gasteiger partial charge is 0.262 e. The Morgan fingerprint density at radius 2 is 1.43 bits per heavy atom. The van der Waals surface area contributed by atoms with E-state index in [9.17, 15) is 9.59 Å². The largest absolute Gasteiger partial charge is 0.484 e. The van der Waals surface area contributed by atoms with Crippen LogP contribution < -0.4 is 15.4 Å². The summed E-state index contributed by atoms with van der Waals surface area (Å²) in [5.41, 5.74) is 3.01. The van der Waals surface area contributed by atoms with Gasteiger partial charge >= 0.3 is 0 Å². The second-order valence-corrected chi connectivity index (χ2v) is 6.41. The maximum Gasteiger partial charge on any atom is 0.262 e. The van der Waals surface area contributed by atoms with E-state index in [0.717, 1.165) is 11.1 Å². The van der Waals surface area contributed by atoms with E-state index in [0.29, 0.717) is 17.1 Å². The van der Waals surface area contributed by atoms with Gasteiger partial charge in [-0.25, -0.2) is 0 Å². The average molecular weight is 374 g/mol. The van der Waals surface area contributed by atoms with Crippen LogP contribution in [-0.4, -0.2) is 18.4 Å². The second-order valence-electron chi connectivity index (χ2n) is 6.41. The topological polar surface area (TPSA) is 67.4 Å². The number of rotatable bonds is 7. The first-order valence-electron chi connectivity index (χ1n) is 9.02. The summed E-state index contributed by atoms with van der Waals surface area (Å²) in [7, 11) is 0. The molecule has 2 N–H and O–H groups in total. The summed E-state index contributed by atoms with van der Waals surface area (Å²) in [6.07, 6.45) is 0.263. The van der Waals surface area contributed by atoms with E-state index in [-0.39, 0.29) is 24.8 Å². The number of hydrogen-bond donors (Lipinski definition) is 2. The molecule has 0 aromatic heterocycles. The molecule has 28 heavy (non-hydrogen) atoms. The highest BCUT2D eigenvalue weighted by Gasteiger charge is 2.11. The molecule has 5 nitrogen and oxygen atoms in total. The Labute approximate surface area is 164 Å². The Hall–Kier alpha value is -3.60. The molecular formula is C23H22N2O3. The molecule has 3 aromatic rings. The number of ether oxygens (including phenoxy) is 1. The summed E-state index contributed by atoms with van der Waals surface area (Å²) < 4.78 is 5.46. The molecule has 0 unspecified atom stereocenters. The Balaban J connectivity index is 1.63. The van der Waals surface area contributed by atoms with E-state index in [1.54, 1.807) is 18.2 Å². The molecule has 0 saturated carbocycles. The van der Waals surface area contributed by atoms with E-state index in [1.807, 2.05) is 67.6 Å². The quantitative estimate of drug-likeness (QED) is 0.651. The van der Waals surface area contributed by atoms with Crippen LogP contribution in [0.3, 0.4) is 0 Å². The van der Waals surface area contributed by atoms with Crippen LogP contribution in [0.2, 0.25) is 0 Å². The van der Waals surface area contributed by atoms with Crippen LogP contribution in [0.1, 0.15) is 11.1 Å². The molecule has 2 amide bonds. The first-order valence-corrected chi connectivity index (χ1v) is 9.02. The lowest BCUT2D eigenvalue weighted by molar-refractivity contribution is -0.118. The van der Waals surface area contributed by atoms with Crippen molar-refractivity contribution < 1.29 is 14.3 Å². The van der Waals surface area contributed by atoms with Crippen molar-refractivity contribution in [3.63, 3.8) is 0 Å². The molecule has 0 aliphatic carbocycles. The van der Waals surface area contributed by atoms with Crippen molar-refractivity contribution in [2.45, 2.75) is 13.3 Å². The van der Waals surface area contributed by atoms with Crippen molar-refractivity contribution in [1.82, 2.24) is 0 Å². The van der Waals surface area contributed by atoms with Crippen LogP contribution in [0.15, 0.2) is 78.9 Å². The van der Waals surface area contributed by atoms with Crippen LogP contribution in [0, 0.1) is 6.92 Å². The fourth-order valence-electron chi connectivity index (χ4n) is 2.70. The molecule has 0 bridgehead atoms. The molecule has 0 spiro atoms. The van der Waals surface area contributed by atoms with Crippen molar-refractivity contribution in [3.05, 3.63) is 90.0 Å². The Morgan fingerprint density at radius 3 is 2.14 bits per heavy atom. The minimum absolute atomic E-state index is 0.116. The number of amides is 2. The van der Waals surface area contributed by atoms with Crippen molar-refractivity contribution in [2.75, 3.05) is 17.2 Å². The van der Waals surface area contributed by atoms with E-state index in [1.165, 1.54) is 0 Å². The lowest BCUT2D eigenvalue weighted by Crippen LogP contribution is -2.22. The maximum atomic E-state index is 12.4. The summed E-state index contributed by atoms with van der Waals surface area (Å²) in [5, 5.41) is 5.68. The zero-order valence-corrected chi connectivity index (χ0v) is 15.6. The Morgan fingerprint density at radius 1 is 0.786 bits per heavy atom. The van der Waals surface area contributed by atoms with Gasteiger partial charge in [-0.3, -0.25) is 9.59 Å². The highest BCUT2D eigenvalue weighted by molar-refractivity contribution is 6.00. The maximum absolute atomic E-state index is 12.4. The molecule has 0 aliphatic rings. The number of nitrogens with one attached hydrogen (secondary N) is 2. The summed E-state index contributed by atoms with van der Waals surface area (Å²) >= 11 is 0. The van der Waals surface area contributed by atoms with Gasteiger partial charge in [0, 0.05) is 0 Å². The third kappa shape index (κ3) is 5.71. The number of hydrogen-bond acceptors (Lipinski definition) is 3. The van der Waals surface area contributed by atoms with E-state index >= 15 is 0 Å². The number of carbonyl (C=O) groups excluding carboxylic acids is 2. The van der Waals surface area contributed by atoms with Crippen LogP contribution in [0.5, 0.6) is 5.75 Å². The van der Waals surface area contributed by atoms with Gasteiger partial charge in [-0.2, -0.15) is 0 Å². The summed E-state index contributed by atoms with van der Waals surface area (Å²) in [6.45, 7) is 1.81. The third-order valence-corrected chi connectivity index (χ3v) is 4.04. The molecule has 0 fully saturated rings. The predicted octanol–water partition coefficient (Wildman–Crippen LogP) is 4.19. The molecule has 3 aromatic carbocycles. The molecule has 0 aliphatic heterocycles. The lowest BCUT2D eigenvalue weighted by atomic mass is 10.1. The number of para-hydroxylation sites is 1. The Kier molecular flexibility index (Phi) is 6.41. The van der Waals surface area contributed by atoms with Gasteiger partial charge in [0.05, 0.1) is 17.8 Å². The average Bonchev–Trinajstić information content (AvgIpc) is 2.70. The molecule has 0 saturated heterocycles. The van der Waals surface area contributed by atoms with Crippen molar-refractivity contribution in [3.8, 4) is 5.75 Å². The third-order valence-electron chi connectivity index (χ3n) is 4.04. The van der Waals surface area contributed by atoms with Gasteiger partial charge in [0.15, 0.2) is 6.61 Å². The van der Waals surface area contributed by atoms with Crippen molar-refractivity contribution in [1.29, 1.82) is 0 Å². The number of carbonyl (C=O) groups is 2. The number of anilines is 2. The standard InChI is InChI=1S/C23H22N2O3/c1-17-12-13-20(24-23(27)16-28-19-10-6-3-7-11-19)21(14-17)25-22(26)15-18-8-4-2-5-9-18/h2-14H,15-16H2,1H3,(H,24,27)(H,25,26). The Bertz CT molecular complexity index is 941. The van der Waals surface area contributed by atoms with Crippen LogP contribution in [-0.2, 0) is 16.0 Å². The fraction of sp³-hybridized carbons (Fsp3) is 0.130. The summed E-state index contributed by atoms with van der Waals surface area (Å²) in [5.74, 6) is 0.178. The van der Waals surface area contributed by atoms with E-state index < -0.39 is 0 Å². The molecule has 0 heterocycles. The van der Waals surface area contributed by atoms with Gasteiger partial charge in [0.25, 0.3) is 5.91 Å². The molecule has 5 heteroatoms. The molecular weight excluding hydrogens is 352 g/mol. The fourth-order valence-corrected chi connectivity index (χ4v) is 2.70. The zero-order chi connectivity index (χ0) is 19.8. The zero-order valence-electron chi connectivity index (χ0n) is 15.6. The molecule has 3 rings (SSSR count). The van der Waals surface area contributed by atoms with Gasteiger partial charge in [-0.05, 0) is 42.3 Å². The molecule has 0 radical (unpaired) electrons. The second kappa shape index (κ2) is 9.37. The number of aryl methyl sites for hydroxylation is 1. The normalized spacial score (nSPS) is 10.2. The van der Waals surface area contributed by atoms with Gasteiger partial charge in [0.2, 0.25) is 5.91 Å². The monoisotopic (exact) mass is 374 g/mol. The molecule has 0 atom stereocenters. The van der Waals surface area contributed by atoms with Crippen molar-refractivity contribution in [2.24, 2.45) is 0 Å². The van der Waals surface area contributed by atoms with Gasteiger partial charge < -0.3 is 15.4 Å². The highest BCUT2D eigenvalue weighted by atomic mass is 16.5. The van der Waals surface area contributed by atoms with Crippen LogP contribution in [0.25, 0.3) is 0 Å². The molecule has 142 valence electrons.